The quantitative estimate of drug-likeness (QED) is 0.668. The topological polar surface area (TPSA) is 49.2 Å². The van der Waals surface area contributed by atoms with E-state index in [9.17, 15) is 0 Å². The molecule has 1 aliphatic heterocycles. The van der Waals surface area contributed by atoms with Gasteiger partial charge in [0.2, 0.25) is 0 Å². The van der Waals surface area contributed by atoms with Crippen LogP contribution in [0.4, 0.5) is 0 Å². The standard InChI is InChI=1S/C19H21N3O2S/c1-2-16-8-9-17(25-16)19-20-18(13-24-15-6-4-3-5-7-15)21-22(19)14-10-11-23-12-14/h3-9,14H,2,10-13H2,1H3. The van der Waals surface area contributed by atoms with E-state index < -0.39 is 0 Å². The van der Waals surface area contributed by atoms with Crippen molar-refractivity contribution in [3.05, 3.63) is 53.2 Å². The van der Waals surface area contributed by atoms with Crippen LogP contribution in [0.5, 0.6) is 5.75 Å². The molecule has 3 aromatic rings. The van der Waals surface area contributed by atoms with Gasteiger partial charge in [0.1, 0.15) is 12.4 Å². The summed E-state index contributed by atoms with van der Waals surface area (Å²) in [6.07, 6.45) is 2.01. The van der Waals surface area contributed by atoms with Crippen molar-refractivity contribution in [1.82, 2.24) is 14.8 Å². The Morgan fingerprint density at radius 3 is 2.84 bits per heavy atom. The SMILES string of the molecule is CCc1ccc(-c2nc(COc3ccccc3)nn2C2CCOC2)s1. The van der Waals surface area contributed by atoms with E-state index in [-0.39, 0.29) is 6.04 Å². The predicted octanol–water partition coefficient (Wildman–Crippen LogP) is 4.11. The van der Waals surface area contributed by atoms with Crippen LogP contribution in [0.3, 0.4) is 0 Å². The normalized spacial score (nSPS) is 17.1. The number of rotatable bonds is 6. The molecule has 0 amide bonds. The summed E-state index contributed by atoms with van der Waals surface area (Å²) in [6, 6.07) is 14.3. The molecular weight excluding hydrogens is 334 g/mol. The molecule has 2 aromatic heterocycles. The Labute approximate surface area is 151 Å². The second-order valence-electron chi connectivity index (χ2n) is 6.03. The first-order valence-corrected chi connectivity index (χ1v) is 9.45. The van der Waals surface area contributed by atoms with E-state index in [1.54, 1.807) is 11.3 Å². The Hall–Kier alpha value is -2.18. The number of hydrogen-bond acceptors (Lipinski definition) is 5. The van der Waals surface area contributed by atoms with Gasteiger partial charge in [-0.3, -0.25) is 0 Å². The molecule has 0 N–H and O–H groups in total. The van der Waals surface area contributed by atoms with Gasteiger partial charge in [-0.1, -0.05) is 25.1 Å². The smallest absolute Gasteiger partial charge is 0.188 e. The van der Waals surface area contributed by atoms with Crippen molar-refractivity contribution in [2.45, 2.75) is 32.4 Å². The van der Waals surface area contributed by atoms with Crippen molar-refractivity contribution < 1.29 is 9.47 Å². The highest BCUT2D eigenvalue weighted by Crippen LogP contribution is 2.31. The molecule has 0 aliphatic carbocycles. The van der Waals surface area contributed by atoms with Crippen LogP contribution in [0.15, 0.2) is 42.5 Å². The lowest BCUT2D eigenvalue weighted by molar-refractivity contribution is 0.184. The summed E-state index contributed by atoms with van der Waals surface area (Å²) in [7, 11) is 0. The zero-order chi connectivity index (χ0) is 17.1. The maximum Gasteiger partial charge on any atom is 0.188 e. The number of para-hydroxylation sites is 1. The Bertz CT molecular complexity index is 822. The van der Waals surface area contributed by atoms with Gasteiger partial charge in [0.05, 0.1) is 17.5 Å². The van der Waals surface area contributed by atoms with Crippen LogP contribution in [0, 0.1) is 0 Å². The van der Waals surface area contributed by atoms with E-state index in [0.717, 1.165) is 35.9 Å². The predicted molar refractivity (Wildman–Crippen MR) is 98.0 cm³/mol. The first-order valence-electron chi connectivity index (χ1n) is 8.63. The summed E-state index contributed by atoms with van der Waals surface area (Å²) in [5.74, 6) is 2.46. The van der Waals surface area contributed by atoms with Gasteiger partial charge in [0.15, 0.2) is 11.6 Å². The Balaban J connectivity index is 1.60. The van der Waals surface area contributed by atoms with Crippen LogP contribution < -0.4 is 4.74 Å². The van der Waals surface area contributed by atoms with Gasteiger partial charge in [-0.25, -0.2) is 9.67 Å². The van der Waals surface area contributed by atoms with Gasteiger partial charge in [-0.2, -0.15) is 5.10 Å². The van der Waals surface area contributed by atoms with Crippen molar-refractivity contribution in [2.24, 2.45) is 0 Å². The van der Waals surface area contributed by atoms with Crippen molar-refractivity contribution in [2.75, 3.05) is 13.2 Å². The molecule has 0 bridgehead atoms. The summed E-state index contributed by atoms with van der Waals surface area (Å²) >= 11 is 1.78. The minimum absolute atomic E-state index is 0.250. The molecule has 0 saturated carbocycles. The van der Waals surface area contributed by atoms with Gasteiger partial charge in [-0.15, -0.1) is 11.3 Å². The molecule has 5 nitrogen and oxygen atoms in total. The maximum atomic E-state index is 5.82. The summed E-state index contributed by atoms with van der Waals surface area (Å²) in [4.78, 5) is 7.28. The monoisotopic (exact) mass is 355 g/mol. The van der Waals surface area contributed by atoms with Gasteiger partial charge in [-0.05, 0) is 37.1 Å². The van der Waals surface area contributed by atoms with Gasteiger partial charge < -0.3 is 9.47 Å². The van der Waals surface area contributed by atoms with Crippen molar-refractivity contribution in [3.63, 3.8) is 0 Å². The average molecular weight is 355 g/mol. The molecule has 1 aromatic carbocycles. The second kappa shape index (κ2) is 7.37. The Morgan fingerprint density at radius 1 is 1.24 bits per heavy atom. The van der Waals surface area contributed by atoms with Crippen LogP contribution >= 0.6 is 11.3 Å². The zero-order valence-corrected chi connectivity index (χ0v) is 15.0. The van der Waals surface area contributed by atoms with Gasteiger partial charge in [0, 0.05) is 11.5 Å². The van der Waals surface area contributed by atoms with Crippen molar-refractivity contribution in [3.8, 4) is 16.5 Å². The molecule has 1 atom stereocenters. The van der Waals surface area contributed by atoms with Gasteiger partial charge in [0.25, 0.3) is 0 Å². The van der Waals surface area contributed by atoms with Crippen LogP contribution in [0.2, 0.25) is 0 Å². The largest absolute Gasteiger partial charge is 0.486 e. The highest BCUT2D eigenvalue weighted by molar-refractivity contribution is 7.15. The van der Waals surface area contributed by atoms with E-state index in [1.165, 1.54) is 4.88 Å². The Kier molecular flexibility index (Phi) is 4.81. The van der Waals surface area contributed by atoms with E-state index in [1.807, 2.05) is 35.0 Å². The lowest BCUT2D eigenvalue weighted by atomic mass is 10.2. The highest BCUT2D eigenvalue weighted by atomic mass is 32.1. The molecule has 4 rings (SSSR count). The number of benzene rings is 1. The lowest BCUT2D eigenvalue weighted by Gasteiger charge is -2.10. The maximum absolute atomic E-state index is 5.82. The van der Waals surface area contributed by atoms with E-state index >= 15 is 0 Å². The number of hydrogen-bond donors (Lipinski definition) is 0. The molecule has 6 heteroatoms. The average Bonchev–Trinajstić information content (AvgIpc) is 3.39. The fourth-order valence-corrected chi connectivity index (χ4v) is 3.85. The second-order valence-corrected chi connectivity index (χ2v) is 7.20. The molecule has 25 heavy (non-hydrogen) atoms. The molecule has 0 spiro atoms. The van der Waals surface area contributed by atoms with Crippen LogP contribution in [0.1, 0.15) is 30.1 Å². The van der Waals surface area contributed by atoms with E-state index in [0.29, 0.717) is 19.0 Å². The molecule has 1 saturated heterocycles. The summed E-state index contributed by atoms with van der Waals surface area (Å²) < 4.78 is 13.4. The van der Waals surface area contributed by atoms with Crippen LogP contribution in [0.25, 0.3) is 10.7 Å². The molecule has 1 aliphatic rings. The number of aromatic nitrogens is 3. The van der Waals surface area contributed by atoms with Crippen LogP contribution in [-0.2, 0) is 17.8 Å². The first-order chi connectivity index (χ1) is 12.3. The summed E-state index contributed by atoms with van der Waals surface area (Å²) in [5, 5.41) is 4.73. The number of thiophene rings is 1. The fourth-order valence-electron chi connectivity index (χ4n) is 2.92. The third-order valence-corrected chi connectivity index (χ3v) is 5.49. The minimum Gasteiger partial charge on any atom is -0.486 e. The fraction of sp³-hybridized carbons (Fsp3) is 0.368. The highest BCUT2D eigenvalue weighted by Gasteiger charge is 2.24. The summed E-state index contributed by atoms with van der Waals surface area (Å²) in [5.41, 5.74) is 0. The molecule has 130 valence electrons. The molecule has 3 heterocycles. The van der Waals surface area contributed by atoms with Crippen molar-refractivity contribution >= 4 is 11.3 Å². The molecular formula is C19H21N3O2S. The number of ether oxygens (including phenoxy) is 2. The zero-order valence-electron chi connectivity index (χ0n) is 14.2. The molecule has 1 fully saturated rings. The summed E-state index contributed by atoms with van der Waals surface area (Å²) in [6.45, 7) is 4.01. The third kappa shape index (κ3) is 3.60. The molecule has 1 unspecified atom stereocenters. The van der Waals surface area contributed by atoms with E-state index in [2.05, 4.69) is 19.1 Å². The Morgan fingerprint density at radius 2 is 2.12 bits per heavy atom. The van der Waals surface area contributed by atoms with Crippen molar-refractivity contribution in [1.29, 1.82) is 0 Å². The number of aryl methyl sites for hydroxylation is 1. The lowest BCUT2D eigenvalue weighted by Crippen LogP contribution is -2.12. The number of nitrogens with zero attached hydrogens (tertiary/aromatic N) is 3. The van der Waals surface area contributed by atoms with Crippen LogP contribution in [-0.4, -0.2) is 28.0 Å². The third-order valence-electron chi connectivity index (χ3n) is 4.27. The molecule has 0 radical (unpaired) electrons. The first kappa shape index (κ1) is 16.3. The van der Waals surface area contributed by atoms with Gasteiger partial charge >= 0.3 is 0 Å². The minimum atomic E-state index is 0.250. The van der Waals surface area contributed by atoms with E-state index in [4.69, 9.17) is 19.6 Å².